The van der Waals surface area contributed by atoms with E-state index in [0.717, 1.165) is 22.4 Å². The van der Waals surface area contributed by atoms with Crippen molar-refractivity contribution in [3.63, 3.8) is 0 Å². The third-order valence-corrected chi connectivity index (χ3v) is 5.67. The SMILES string of the molecule is COc1cc(C)c(C)cc1S(=O)(=O)Nc1ccc(NCc2cccnc2)cn1. The van der Waals surface area contributed by atoms with Crippen LogP contribution in [0.5, 0.6) is 5.75 Å². The van der Waals surface area contributed by atoms with Crippen LogP contribution < -0.4 is 14.8 Å². The van der Waals surface area contributed by atoms with Gasteiger partial charge in [-0.05, 0) is 60.9 Å². The molecule has 0 aliphatic carbocycles. The fourth-order valence-corrected chi connectivity index (χ4v) is 3.84. The molecule has 1 aromatic carbocycles. The zero-order valence-electron chi connectivity index (χ0n) is 15.9. The quantitative estimate of drug-likeness (QED) is 0.633. The Bertz CT molecular complexity index is 1050. The molecule has 0 atom stereocenters. The summed E-state index contributed by atoms with van der Waals surface area (Å²) in [5, 5.41) is 3.21. The Hall–Kier alpha value is -3.13. The summed E-state index contributed by atoms with van der Waals surface area (Å²) in [5.41, 5.74) is 3.63. The highest BCUT2D eigenvalue weighted by molar-refractivity contribution is 7.92. The van der Waals surface area contributed by atoms with Crippen molar-refractivity contribution in [3.05, 3.63) is 71.7 Å². The van der Waals surface area contributed by atoms with Gasteiger partial charge in [0.2, 0.25) is 0 Å². The number of hydrogen-bond acceptors (Lipinski definition) is 6. The van der Waals surface area contributed by atoms with Gasteiger partial charge in [-0.2, -0.15) is 0 Å². The lowest BCUT2D eigenvalue weighted by atomic mass is 10.1. The molecule has 0 unspecified atom stereocenters. The van der Waals surface area contributed by atoms with E-state index in [9.17, 15) is 8.42 Å². The van der Waals surface area contributed by atoms with Gasteiger partial charge in [0.15, 0.2) is 0 Å². The minimum atomic E-state index is -3.83. The lowest BCUT2D eigenvalue weighted by molar-refractivity contribution is 0.402. The molecule has 0 spiro atoms. The molecule has 0 fully saturated rings. The van der Waals surface area contributed by atoms with Gasteiger partial charge in [-0.1, -0.05) is 6.07 Å². The highest BCUT2D eigenvalue weighted by atomic mass is 32.2. The summed E-state index contributed by atoms with van der Waals surface area (Å²) in [7, 11) is -2.38. The number of pyridine rings is 2. The van der Waals surface area contributed by atoms with Crippen molar-refractivity contribution >= 4 is 21.5 Å². The lowest BCUT2D eigenvalue weighted by Gasteiger charge is -2.14. The molecular weight excluding hydrogens is 376 g/mol. The first-order chi connectivity index (χ1) is 13.4. The van der Waals surface area contributed by atoms with Crippen LogP contribution in [0.1, 0.15) is 16.7 Å². The van der Waals surface area contributed by atoms with E-state index in [1.807, 2.05) is 26.0 Å². The van der Waals surface area contributed by atoms with Crippen LogP contribution in [-0.4, -0.2) is 25.5 Å². The summed E-state index contributed by atoms with van der Waals surface area (Å²) in [6.45, 7) is 4.36. The molecule has 28 heavy (non-hydrogen) atoms. The van der Waals surface area contributed by atoms with Gasteiger partial charge in [0.05, 0.1) is 19.0 Å². The molecule has 0 amide bonds. The Morgan fingerprint density at radius 2 is 1.86 bits per heavy atom. The Labute approximate surface area is 164 Å². The topological polar surface area (TPSA) is 93.2 Å². The van der Waals surface area contributed by atoms with Crippen molar-refractivity contribution in [2.75, 3.05) is 17.1 Å². The molecule has 3 rings (SSSR count). The van der Waals surface area contributed by atoms with Crippen LogP contribution in [0.2, 0.25) is 0 Å². The van der Waals surface area contributed by atoms with Crippen LogP contribution in [0, 0.1) is 13.8 Å². The van der Waals surface area contributed by atoms with Gasteiger partial charge in [0.25, 0.3) is 10.0 Å². The van der Waals surface area contributed by atoms with Crippen LogP contribution >= 0.6 is 0 Å². The number of ether oxygens (including phenoxy) is 1. The largest absolute Gasteiger partial charge is 0.495 e. The highest BCUT2D eigenvalue weighted by Gasteiger charge is 2.21. The summed E-state index contributed by atoms with van der Waals surface area (Å²) in [6.07, 6.45) is 5.07. The second-order valence-corrected chi connectivity index (χ2v) is 7.99. The van der Waals surface area contributed by atoms with Crippen LogP contribution in [0.15, 0.2) is 59.9 Å². The van der Waals surface area contributed by atoms with Gasteiger partial charge >= 0.3 is 0 Å². The monoisotopic (exact) mass is 398 g/mol. The Morgan fingerprint density at radius 3 is 2.50 bits per heavy atom. The van der Waals surface area contributed by atoms with E-state index in [1.54, 1.807) is 42.9 Å². The van der Waals surface area contributed by atoms with E-state index in [0.29, 0.717) is 12.3 Å². The van der Waals surface area contributed by atoms with E-state index in [-0.39, 0.29) is 10.7 Å². The van der Waals surface area contributed by atoms with Gasteiger partial charge in [0.1, 0.15) is 16.5 Å². The molecule has 0 saturated heterocycles. The fraction of sp³-hybridized carbons (Fsp3) is 0.200. The van der Waals surface area contributed by atoms with E-state index >= 15 is 0 Å². The van der Waals surface area contributed by atoms with Gasteiger partial charge in [-0.3, -0.25) is 9.71 Å². The van der Waals surface area contributed by atoms with Crippen molar-refractivity contribution in [1.82, 2.24) is 9.97 Å². The molecule has 2 N–H and O–H groups in total. The molecule has 146 valence electrons. The maximum Gasteiger partial charge on any atom is 0.266 e. The smallest absolute Gasteiger partial charge is 0.266 e. The van der Waals surface area contributed by atoms with Gasteiger partial charge in [-0.15, -0.1) is 0 Å². The van der Waals surface area contributed by atoms with Gasteiger partial charge in [0, 0.05) is 18.9 Å². The average Bonchev–Trinajstić information content (AvgIpc) is 2.69. The molecule has 0 aliphatic rings. The van der Waals surface area contributed by atoms with E-state index in [1.165, 1.54) is 7.11 Å². The summed E-state index contributed by atoms with van der Waals surface area (Å²) in [4.78, 5) is 8.33. The summed E-state index contributed by atoms with van der Waals surface area (Å²) >= 11 is 0. The minimum absolute atomic E-state index is 0.0821. The number of nitrogens with zero attached hydrogens (tertiary/aromatic N) is 2. The standard InChI is InChI=1S/C20H22N4O3S/c1-14-9-18(27-3)19(10-15(14)2)28(25,26)24-20-7-6-17(13-23-20)22-12-16-5-4-8-21-11-16/h4-11,13,22H,12H2,1-3H3,(H,23,24). The van der Waals surface area contributed by atoms with E-state index < -0.39 is 10.0 Å². The third kappa shape index (κ3) is 4.58. The number of aryl methyl sites for hydroxylation is 2. The fourth-order valence-electron chi connectivity index (χ4n) is 2.59. The zero-order chi connectivity index (χ0) is 20.1. The van der Waals surface area contributed by atoms with Crippen LogP contribution in [-0.2, 0) is 16.6 Å². The first kappa shape index (κ1) is 19.6. The zero-order valence-corrected chi connectivity index (χ0v) is 16.7. The van der Waals surface area contributed by atoms with Crippen molar-refractivity contribution in [1.29, 1.82) is 0 Å². The number of benzene rings is 1. The first-order valence-electron chi connectivity index (χ1n) is 8.66. The number of rotatable bonds is 7. The van der Waals surface area contributed by atoms with Gasteiger partial charge < -0.3 is 10.1 Å². The molecule has 3 aromatic rings. The molecule has 8 heteroatoms. The molecule has 0 saturated carbocycles. The maximum atomic E-state index is 12.8. The number of hydrogen-bond donors (Lipinski definition) is 2. The predicted molar refractivity (Wildman–Crippen MR) is 109 cm³/mol. The average molecular weight is 398 g/mol. The molecule has 2 aromatic heterocycles. The van der Waals surface area contributed by atoms with Crippen molar-refractivity contribution in [3.8, 4) is 5.75 Å². The summed E-state index contributed by atoms with van der Waals surface area (Å²) < 4.78 is 33.3. The first-order valence-corrected chi connectivity index (χ1v) is 10.1. The predicted octanol–water partition coefficient (Wildman–Crippen LogP) is 3.51. The lowest BCUT2D eigenvalue weighted by Crippen LogP contribution is -2.15. The molecule has 0 aliphatic heterocycles. The number of sulfonamides is 1. The van der Waals surface area contributed by atoms with Crippen molar-refractivity contribution < 1.29 is 13.2 Å². The van der Waals surface area contributed by atoms with Crippen molar-refractivity contribution in [2.45, 2.75) is 25.3 Å². The van der Waals surface area contributed by atoms with E-state index in [2.05, 4.69) is 20.0 Å². The van der Waals surface area contributed by atoms with Crippen LogP contribution in [0.4, 0.5) is 11.5 Å². The summed E-state index contributed by atoms with van der Waals surface area (Å²) in [5.74, 6) is 0.526. The number of anilines is 2. The Morgan fingerprint density at radius 1 is 1.07 bits per heavy atom. The second-order valence-electron chi connectivity index (χ2n) is 6.34. The third-order valence-electron chi connectivity index (χ3n) is 4.29. The maximum absolute atomic E-state index is 12.8. The van der Waals surface area contributed by atoms with Gasteiger partial charge in [-0.25, -0.2) is 13.4 Å². The van der Waals surface area contributed by atoms with Crippen molar-refractivity contribution in [2.24, 2.45) is 0 Å². The second kappa shape index (κ2) is 8.26. The van der Waals surface area contributed by atoms with Crippen LogP contribution in [0.3, 0.4) is 0 Å². The molecule has 0 bridgehead atoms. The molecule has 0 radical (unpaired) electrons. The molecule has 2 heterocycles. The molecule has 7 nitrogen and oxygen atoms in total. The Kier molecular flexibility index (Phi) is 5.79. The van der Waals surface area contributed by atoms with E-state index in [4.69, 9.17) is 4.74 Å². The molecular formula is C20H22N4O3S. The van der Waals surface area contributed by atoms with Crippen LogP contribution in [0.25, 0.3) is 0 Å². The minimum Gasteiger partial charge on any atom is -0.495 e. The Balaban J connectivity index is 1.73. The highest BCUT2D eigenvalue weighted by Crippen LogP contribution is 2.28. The number of nitrogens with one attached hydrogen (secondary N) is 2. The number of methoxy groups -OCH3 is 1. The number of aromatic nitrogens is 2. The normalized spacial score (nSPS) is 11.1. The summed E-state index contributed by atoms with van der Waals surface area (Å²) in [6, 6.07) is 10.5.